The van der Waals surface area contributed by atoms with Crippen molar-refractivity contribution in [1.29, 1.82) is 0 Å². The third-order valence-electron chi connectivity index (χ3n) is 4.43. The minimum absolute atomic E-state index is 0.408. The summed E-state index contributed by atoms with van der Waals surface area (Å²) in [6, 6.07) is 0.623. The zero-order valence-corrected chi connectivity index (χ0v) is 15.6. The molecule has 1 aliphatic rings. The van der Waals surface area contributed by atoms with Crippen LogP contribution in [-0.4, -0.2) is 27.2 Å². The molecule has 120 valence electrons. The van der Waals surface area contributed by atoms with Crippen molar-refractivity contribution in [2.45, 2.75) is 75.9 Å². The van der Waals surface area contributed by atoms with Crippen LogP contribution in [0.25, 0.3) is 0 Å². The highest BCUT2D eigenvalue weighted by atomic mass is 32.2. The number of aryl methyl sites for hydroxylation is 1. The van der Waals surface area contributed by atoms with E-state index in [-0.39, 0.29) is 0 Å². The molecule has 3 nitrogen and oxygen atoms in total. The fraction of sp³-hybridized carbons (Fsp3) is 0.875. The summed E-state index contributed by atoms with van der Waals surface area (Å²) in [5, 5.41) is 4.38. The predicted octanol–water partition coefficient (Wildman–Crippen LogP) is 4.52. The van der Waals surface area contributed by atoms with E-state index in [0.717, 1.165) is 22.6 Å². The van der Waals surface area contributed by atoms with Crippen LogP contribution in [0, 0.1) is 18.3 Å². The molecule has 0 saturated heterocycles. The molecule has 0 amide bonds. The van der Waals surface area contributed by atoms with Crippen LogP contribution < -0.4 is 5.32 Å². The quantitative estimate of drug-likeness (QED) is 0.863. The third-order valence-corrected chi connectivity index (χ3v) is 6.67. The van der Waals surface area contributed by atoms with Gasteiger partial charge in [0.25, 0.3) is 0 Å². The normalized spacial score (nSPS) is 27.0. The lowest BCUT2D eigenvalue weighted by molar-refractivity contribution is 0.165. The van der Waals surface area contributed by atoms with Crippen LogP contribution in [-0.2, 0) is 0 Å². The van der Waals surface area contributed by atoms with Crippen LogP contribution in [0.3, 0.4) is 0 Å². The Labute approximate surface area is 137 Å². The molecule has 0 bridgehead atoms. The average Bonchev–Trinajstić information content (AvgIpc) is 2.81. The molecule has 1 aromatic heterocycles. The predicted molar refractivity (Wildman–Crippen MR) is 93.2 cm³/mol. The van der Waals surface area contributed by atoms with E-state index in [9.17, 15) is 0 Å². The number of nitrogens with one attached hydrogen (secondary N) is 1. The molecule has 0 aromatic carbocycles. The number of hydrogen-bond acceptors (Lipinski definition) is 5. The minimum atomic E-state index is 0.408. The summed E-state index contributed by atoms with van der Waals surface area (Å²) in [6.07, 6.45) is 5.12. The van der Waals surface area contributed by atoms with Crippen LogP contribution in [0.4, 0.5) is 0 Å². The highest BCUT2D eigenvalue weighted by molar-refractivity contribution is 8.01. The summed E-state index contributed by atoms with van der Waals surface area (Å²) < 4.78 is 5.46. The van der Waals surface area contributed by atoms with Gasteiger partial charge in [-0.25, -0.2) is 4.98 Å². The lowest BCUT2D eigenvalue weighted by Gasteiger charge is -2.41. The van der Waals surface area contributed by atoms with E-state index in [1.165, 1.54) is 25.7 Å². The van der Waals surface area contributed by atoms with Gasteiger partial charge in [-0.2, -0.15) is 4.37 Å². The van der Waals surface area contributed by atoms with E-state index in [1.807, 2.05) is 18.7 Å². The van der Waals surface area contributed by atoms with Crippen molar-refractivity contribution < 1.29 is 0 Å². The first-order valence-corrected chi connectivity index (χ1v) is 9.75. The molecule has 21 heavy (non-hydrogen) atoms. The Morgan fingerprint density at radius 2 is 2.10 bits per heavy atom. The first kappa shape index (κ1) is 17.2. The summed E-state index contributed by atoms with van der Waals surface area (Å²) >= 11 is 3.50. The molecule has 1 aromatic rings. The molecule has 3 atom stereocenters. The summed E-state index contributed by atoms with van der Waals surface area (Å²) in [5.74, 6) is 1.72. The summed E-state index contributed by atoms with van der Waals surface area (Å²) in [4.78, 5) is 4.55. The van der Waals surface area contributed by atoms with Gasteiger partial charge in [0.05, 0.1) is 0 Å². The van der Waals surface area contributed by atoms with Crippen molar-refractivity contribution >= 4 is 23.3 Å². The topological polar surface area (TPSA) is 37.8 Å². The van der Waals surface area contributed by atoms with Gasteiger partial charge < -0.3 is 5.32 Å². The van der Waals surface area contributed by atoms with Crippen molar-refractivity contribution in [2.24, 2.45) is 11.3 Å². The van der Waals surface area contributed by atoms with Gasteiger partial charge in [0.2, 0.25) is 0 Å². The summed E-state index contributed by atoms with van der Waals surface area (Å²) in [5.41, 5.74) is 0.408. The largest absolute Gasteiger partial charge is 0.313 e. The maximum Gasteiger partial charge on any atom is 0.170 e. The number of nitrogens with zero attached hydrogens (tertiary/aromatic N) is 2. The molecule has 2 rings (SSSR count). The van der Waals surface area contributed by atoms with Gasteiger partial charge in [-0.05, 0) is 62.0 Å². The van der Waals surface area contributed by atoms with Gasteiger partial charge in [0, 0.05) is 11.3 Å². The first-order chi connectivity index (χ1) is 9.90. The highest BCUT2D eigenvalue weighted by Gasteiger charge is 2.36. The van der Waals surface area contributed by atoms with Crippen molar-refractivity contribution in [3.8, 4) is 0 Å². The molecule has 0 radical (unpaired) electrons. The van der Waals surface area contributed by atoms with E-state index < -0.39 is 0 Å². The van der Waals surface area contributed by atoms with Crippen LogP contribution in [0.15, 0.2) is 4.34 Å². The lowest BCUT2D eigenvalue weighted by atomic mass is 9.71. The smallest absolute Gasteiger partial charge is 0.170 e. The minimum Gasteiger partial charge on any atom is -0.313 e. The maximum absolute atomic E-state index is 4.55. The van der Waals surface area contributed by atoms with Gasteiger partial charge in [0.1, 0.15) is 5.82 Å². The molecule has 0 aliphatic heterocycles. The first-order valence-electron chi connectivity index (χ1n) is 8.10. The molecular weight excluding hydrogens is 298 g/mol. The molecule has 1 saturated carbocycles. The van der Waals surface area contributed by atoms with Crippen LogP contribution >= 0.6 is 23.3 Å². The second-order valence-electron chi connectivity index (χ2n) is 7.20. The third kappa shape index (κ3) is 4.93. The van der Waals surface area contributed by atoms with E-state index in [0.29, 0.717) is 16.7 Å². The summed E-state index contributed by atoms with van der Waals surface area (Å²) in [6.45, 7) is 12.5. The van der Waals surface area contributed by atoms with Crippen LogP contribution in [0.2, 0.25) is 0 Å². The molecule has 1 aliphatic carbocycles. The Balaban J connectivity index is 2.05. The van der Waals surface area contributed by atoms with Gasteiger partial charge in [-0.15, -0.1) is 0 Å². The highest BCUT2D eigenvalue weighted by Crippen LogP contribution is 2.43. The number of rotatable bonds is 5. The molecule has 5 heteroatoms. The Morgan fingerprint density at radius 3 is 2.67 bits per heavy atom. The van der Waals surface area contributed by atoms with E-state index >= 15 is 0 Å². The lowest BCUT2D eigenvalue weighted by Crippen LogP contribution is -2.45. The van der Waals surface area contributed by atoms with E-state index in [1.54, 1.807) is 11.5 Å². The maximum atomic E-state index is 4.55. The Kier molecular flexibility index (Phi) is 6.09. The fourth-order valence-electron chi connectivity index (χ4n) is 3.06. The standard InChI is InChI=1S/C16H29N3S2/c1-6-9-17-13-8-7-12(16(3,4)5)10-14(13)20-15-18-11(2)19-21-15/h12-14,17H,6-10H2,1-5H3. The number of thioether (sulfide) groups is 1. The van der Waals surface area contributed by atoms with Crippen molar-refractivity contribution in [2.75, 3.05) is 6.54 Å². The Hall–Kier alpha value is -0.130. The van der Waals surface area contributed by atoms with Crippen LogP contribution in [0.1, 0.15) is 59.2 Å². The molecule has 1 N–H and O–H groups in total. The van der Waals surface area contributed by atoms with Gasteiger partial charge in [-0.1, -0.05) is 39.5 Å². The molecule has 3 unspecified atom stereocenters. The summed E-state index contributed by atoms with van der Waals surface area (Å²) in [7, 11) is 0. The van der Waals surface area contributed by atoms with Crippen molar-refractivity contribution in [3.63, 3.8) is 0 Å². The van der Waals surface area contributed by atoms with E-state index in [2.05, 4.69) is 42.4 Å². The number of aromatic nitrogens is 2. The number of hydrogen-bond donors (Lipinski definition) is 1. The molecule has 0 spiro atoms. The fourth-order valence-corrected chi connectivity index (χ4v) is 5.31. The zero-order chi connectivity index (χ0) is 15.5. The van der Waals surface area contributed by atoms with Crippen molar-refractivity contribution in [3.05, 3.63) is 5.82 Å². The van der Waals surface area contributed by atoms with Gasteiger partial charge >= 0.3 is 0 Å². The van der Waals surface area contributed by atoms with Gasteiger partial charge in [0.15, 0.2) is 4.34 Å². The van der Waals surface area contributed by atoms with Crippen LogP contribution in [0.5, 0.6) is 0 Å². The van der Waals surface area contributed by atoms with Crippen molar-refractivity contribution in [1.82, 2.24) is 14.7 Å². The zero-order valence-electron chi connectivity index (χ0n) is 14.0. The molecule has 1 heterocycles. The monoisotopic (exact) mass is 327 g/mol. The van der Waals surface area contributed by atoms with Gasteiger partial charge in [-0.3, -0.25) is 0 Å². The molecular formula is C16H29N3S2. The molecule has 1 fully saturated rings. The Bertz CT molecular complexity index is 439. The Morgan fingerprint density at radius 1 is 1.33 bits per heavy atom. The van der Waals surface area contributed by atoms with E-state index in [4.69, 9.17) is 0 Å². The second-order valence-corrected chi connectivity index (χ2v) is 9.44. The SMILES string of the molecule is CCCNC1CCC(C(C)(C)C)CC1Sc1nc(C)ns1. The average molecular weight is 328 g/mol. The second kappa shape index (κ2) is 7.42.